The molecule has 0 amide bonds. The summed E-state index contributed by atoms with van der Waals surface area (Å²) in [5, 5.41) is 10.7. The first-order valence-corrected chi connectivity index (χ1v) is 7.88. The van der Waals surface area contributed by atoms with Gasteiger partial charge in [-0.1, -0.05) is 36.3 Å². The summed E-state index contributed by atoms with van der Waals surface area (Å²) in [4.78, 5) is 7.72. The maximum atomic E-state index is 9.63. The van der Waals surface area contributed by atoms with Crippen molar-refractivity contribution in [1.82, 2.24) is 14.5 Å². The Labute approximate surface area is 145 Å². The first kappa shape index (κ1) is 14.8. The molecular formula is C21H14N4. The van der Waals surface area contributed by atoms with Crippen LogP contribution < -0.4 is 0 Å². The molecule has 2 aromatic carbocycles. The molecule has 0 aliphatic carbocycles. The number of hydrogen-bond donors (Lipinski definition) is 1. The highest BCUT2D eigenvalue weighted by Gasteiger charge is 2.11. The maximum Gasteiger partial charge on any atom is 0.149 e. The van der Waals surface area contributed by atoms with E-state index in [4.69, 9.17) is 6.42 Å². The van der Waals surface area contributed by atoms with Crippen LogP contribution in [-0.4, -0.2) is 14.5 Å². The monoisotopic (exact) mass is 322 g/mol. The van der Waals surface area contributed by atoms with Gasteiger partial charge in [0.05, 0.1) is 23.2 Å². The number of fused-ring (bicyclic) bond motifs is 2. The van der Waals surface area contributed by atoms with Crippen LogP contribution in [0, 0.1) is 23.7 Å². The summed E-state index contributed by atoms with van der Waals surface area (Å²) < 4.78 is 2.01. The molecule has 4 nitrogen and oxygen atoms in total. The fourth-order valence-corrected chi connectivity index (χ4v) is 3.01. The second-order valence-corrected chi connectivity index (χ2v) is 5.71. The molecule has 0 bridgehead atoms. The molecule has 118 valence electrons. The summed E-state index contributed by atoms with van der Waals surface area (Å²) in [6, 6.07) is 18.0. The number of benzene rings is 2. The summed E-state index contributed by atoms with van der Waals surface area (Å²) in [5.41, 5.74) is 4.23. The first-order chi connectivity index (χ1) is 12.3. The lowest BCUT2D eigenvalue weighted by atomic mass is 10.1. The van der Waals surface area contributed by atoms with Gasteiger partial charge in [0.2, 0.25) is 0 Å². The average molecular weight is 322 g/mol. The predicted octanol–water partition coefficient (Wildman–Crippen LogP) is 4.21. The number of terminal acetylenes is 1. The minimum Gasteiger partial charge on any atom is -0.337 e. The normalized spacial score (nSPS) is 11.5. The molecule has 0 fully saturated rings. The fourth-order valence-electron chi connectivity index (χ4n) is 3.01. The SMILES string of the molecule is C#CCn1cc(C=C(C#N)c2nc3ccccc3[nH]2)c2ccccc21. The van der Waals surface area contributed by atoms with Crippen LogP contribution in [0.4, 0.5) is 0 Å². The van der Waals surface area contributed by atoms with E-state index in [9.17, 15) is 5.26 Å². The zero-order valence-corrected chi connectivity index (χ0v) is 13.4. The van der Waals surface area contributed by atoms with Gasteiger partial charge in [-0.2, -0.15) is 5.26 Å². The Bertz CT molecular complexity index is 1160. The number of allylic oxidation sites excluding steroid dienone is 1. The van der Waals surface area contributed by atoms with E-state index in [1.165, 1.54) is 0 Å². The Balaban J connectivity index is 1.87. The number of aromatic nitrogens is 3. The van der Waals surface area contributed by atoms with Gasteiger partial charge in [0.25, 0.3) is 0 Å². The van der Waals surface area contributed by atoms with Crippen molar-refractivity contribution in [3.05, 3.63) is 66.1 Å². The van der Waals surface area contributed by atoms with Crippen LogP contribution in [0.3, 0.4) is 0 Å². The van der Waals surface area contributed by atoms with Gasteiger partial charge >= 0.3 is 0 Å². The summed E-state index contributed by atoms with van der Waals surface area (Å²) in [7, 11) is 0. The van der Waals surface area contributed by atoms with Gasteiger partial charge < -0.3 is 9.55 Å². The van der Waals surface area contributed by atoms with Crippen LogP contribution in [0.1, 0.15) is 11.4 Å². The molecule has 0 aliphatic heterocycles. The molecule has 0 saturated carbocycles. The molecule has 0 atom stereocenters. The third-order valence-electron chi connectivity index (χ3n) is 4.15. The van der Waals surface area contributed by atoms with Crippen molar-refractivity contribution in [2.45, 2.75) is 6.54 Å². The zero-order valence-electron chi connectivity index (χ0n) is 13.4. The van der Waals surface area contributed by atoms with E-state index in [-0.39, 0.29) is 0 Å². The quantitative estimate of drug-likeness (QED) is 0.453. The number of nitrogens with zero attached hydrogens (tertiary/aromatic N) is 3. The van der Waals surface area contributed by atoms with E-state index in [0.29, 0.717) is 17.9 Å². The van der Waals surface area contributed by atoms with Gasteiger partial charge in [-0.25, -0.2) is 4.98 Å². The lowest BCUT2D eigenvalue weighted by Gasteiger charge is -1.97. The minimum atomic E-state index is 0.486. The molecule has 4 aromatic rings. The second kappa shape index (κ2) is 6.03. The van der Waals surface area contributed by atoms with E-state index in [2.05, 4.69) is 22.0 Å². The molecule has 0 radical (unpaired) electrons. The van der Waals surface area contributed by atoms with Crippen molar-refractivity contribution in [3.8, 4) is 18.4 Å². The molecule has 0 spiro atoms. The molecule has 1 N–H and O–H groups in total. The summed E-state index contributed by atoms with van der Waals surface area (Å²) >= 11 is 0. The first-order valence-electron chi connectivity index (χ1n) is 7.88. The standard InChI is InChI=1S/C21H14N4/c1-2-11-25-14-16(17-7-3-6-10-20(17)25)12-15(13-22)21-23-18-8-4-5-9-19(18)24-21/h1,3-10,12,14H,11H2,(H,23,24). The molecular weight excluding hydrogens is 308 g/mol. The number of aromatic amines is 1. The number of H-pyrrole nitrogens is 1. The topological polar surface area (TPSA) is 57.4 Å². The molecule has 4 rings (SSSR count). The van der Waals surface area contributed by atoms with Crippen molar-refractivity contribution >= 4 is 33.6 Å². The van der Waals surface area contributed by atoms with Crippen LogP contribution in [0.5, 0.6) is 0 Å². The molecule has 4 heteroatoms. The predicted molar refractivity (Wildman–Crippen MR) is 100 cm³/mol. The molecule has 0 aliphatic rings. The summed E-state index contributed by atoms with van der Waals surface area (Å²) in [6.45, 7) is 0.487. The molecule has 2 aromatic heterocycles. The van der Waals surface area contributed by atoms with Crippen molar-refractivity contribution in [1.29, 1.82) is 5.26 Å². The summed E-state index contributed by atoms with van der Waals surface area (Å²) in [5.74, 6) is 3.23. The fraction of sp³-hybridized carbons (Fsp3) is 0.0476. The van der Waals surface area contributed by atoms with Gasteiger partial charge in [-0.05, 0) is 24.3 Å². The number of para-hydroxylation sites is 3. The highest BCUT2D eigenvalue weighted by atomic mass is 14.9. The van der Waals surface area contributed by atoms with Crippen LogP contribution in [-0.2, 0) is 6.54 Å². The van der Waals surface area contributed by atoms with Gasteiger partial charge in [0.15, 0.2) is 0 Å². The van der Waals surface area contributed by atoms with E-state index in [0.717, 1.165) is 27.5 Å². The van der Waals surface area contributed by atoms with Crippen molar-refractivity contribution in [2.24, 2.45) is 0 Å². The summed E-state index contributed by atoms with van der Waals surface area (Å²) in [6.07, 6.45) is 9.30. The van der Waals surface area contributed by atoms with Gasteiger partial charge in [0.1, 0.15) is 11.9 Å². The Kier molecular flexibility index (Phi) is 3.57. The molecule has 0 unspecified atom stereocenters. The Morgan fingerprint density at radius 3 is 2.80 bits per heavy atom. The minimum absolute atomic E-state index is 0.486. The van der Waals surface area contributed by atoms with Crippen LogP contribution in [0.2, 0.25) is 0 Å². The van der Waals surface area contributed by atoms with E-state index in [1.807, 2.05) is 65.4 Å². The van der Waals surface area contributed by atoms with Gasteiger partial charge in [-0.15, -0.1) is 6.42 Å². The number of hydrogen-bond acceptors (Lipinski definition) is 2. The third-order valence-corrected chi connectivity index (χ3v) is 4.15. The largest absolute Gasteiger partial charge is 0.337 e. The van der Waals surface area contributed by atoms with Crippen molar-refractivity contribution in [2.75, 3.05) is 0 Å². The van der Waals surface area contributed by atoms with E-state index >= 15 is 0 Å². The smallest absolute Gasteiger partial charge is 0.149 e. The Morgan fingerprint density at radius 1 is 1.20 bits per heavy atom. The Hall–Kier alpha value is -3.76. The lowest BCUT2D eigenvalue weighted by molar-refractivity contribution is 0.885. The molecule has 2 heterocycles. The number of nitriles is 1. The number of nitrogens with one attached hydrogen (secondary N) is 1. The van der Waals surface area contributed by atoms with Crippen LogP contribution in [0.15, 0.2) is 54.7 Å². The highest BCUT2D eigenvalue weighted by Crippen LogP contribution is 2.26. The van der Waals surface area contributed by atoms with Crippen LogP contribution >= 0.6 is 0 Å². The van der Waals surface area contributed by atoms with E-state index in [1.54, 1.807) is 0 Å². The lowest BCUT2D eigenvalue weighted by Crippen LogP contribution is -1.91. The average Bonchev–Trinajstić information content (AvgIpc) is 3.22. The van der Waals surface area contributed by atoms with Gasteiger partial charge in [0, 0.05) is 22.7 Å². The zero-order chi connectivity index (χ0) is 17.2. The second-order valence-electron chi connectivity index (χ2n) is 5.71. The molecule has 25 heavy (non-hydrogen) atoms. The van der Waals surface area contributed by atoms with Crippen LogP contribution in [0.25, 0.3) is 33.6 Å². The number of imidazole rings is 1. The van der Waals surface area contributed by atoms with Crippen molar-refractivity contribution in [3.63, 3.8) is 0 Å². The van der Waals surface area contributed by atoms with E-state index < -0.39 is 0 Å². The maximum absolute atomic E-state index is 9.63. The molecule has 0 saturated heterocycles. The van der Waals surface area contributed by atoms with Crippen molar-refractivity contribution < 1.29 is 0 Å². The van der Waals surface area contributed by atoms with Gasteiger partial charge in [-0.3, -0.25) is 0 Å². The number of rotatable bonds is 3. The third kappa shape index (κ3) is 2.56. The Morgan fingerprint density at radius 2 is 2.00 bits per heavy atom. The highest BCUT2D eigenvalue weighted by molar-refractivity contribution is 5.98.